The van der Waals surface area contributed by atoms with Crippen LogP contribution >= 0.6 is 0 Å². The van der Waals surface area contributed by atoms with Crippen molar-refractivity contribution in [3.05, 3.63) is 55.1 Å². The van der Waals surface area contributed by atoms with E-state index in [0.29, 0.717) is 24.1 Å². The minimum absolute atomic E-state index is 0.113. The number of nitrogens with one attached hydrogen (secondary N) is 2. The highest BCUT2D eigenvalue weighted by Gasteiger charge is 2.19. The number of rotatable bonds is 11. The van der Waals surface area contributed by atoms with Crippen molar-refractivity contribution in [3.63, 3.8) is 0 Å². The predicted molar refractivity (Wildman–Crippen MR) is 111 cm³/mol. The first-order valence-corrected chi connectivity index (χ1v) is 10.8. The Morgan fingerprint density at radius 1 is 0.933 bits per heavy atom. The van der Waals surface area contributed by atoms with Crippen molar-refractivity contribution in [1.29, 1.82) is 0 Å². The van der Waals surface area contributed by atoms with Crippen molar-refractivity contribution in [2.75, 3.05) is 24.5 Å². The number of aromatic nitrogens is 4. The van der Waals surface area contributed by atoms with Gasteiger partial charge in [-0.05, 0) is 18.1 Å². The summed E-state index contributed by atoms with van der Waals surface area (Å²) >= 11 is 0. The van der Waals surface area contributed by atoms with E-state index in [0.717, 1.165) is 0 Å². The maximum absolute atomic E-state index is 12.3. The molecule has 0 amide bonds. The molecule has 0 unspecified atom stereocenters. The molecule has 1 aromatic carbocycles. The number of ether oxygens (including phenoxy) is 2. The normalized spacial score (nSPS) is 11.1. The average molecular weight is 430 g/mol. The van der Waals surface area contributed by atoms with Crippen molar-refractivity contribution in [2.45, 2.75) is 13.3 Å². The first-order valence-electron chi connectivity index (χ1n) is 9.29. The Bertz CT molecular complexity index is 1040. The highest BCUT2D eigenvalue weighted by atomic mass is 32.2. The van der Waals surface area contributed by atoms with Gasteiger partial charge in [0.2, 0.25) is 5.88 Å². The van der Waals surface area contributed by atoms with Crippen LogP contribution in [-0.2, 0) is 10.2 Å². The topological polar surface area (TPSA) is 128 Å². The lowest BCUT2D eigenvalue weighted by molar-refractivity contribution is 0.202. The van der Waals surface area contributed by atoms with Crippen LogP contribution in [0, 0.1) is 0 Å². The monoisotopic (exact) mass is 430 g/mol. The molecule has 3 aromatic rings. The van der Waals surface area contributed by atoms with Gasteiger partial charge in [-0.25, -0.2) is 19.9 Å². The molecule has 0 saturated heterocycles. The van der Waals surface area contributed by atoms with Gasteiger partial charge in [0.15, 0.2) is 5.82 Å². The summed E-state index contributed by atoms with van der Waals surface area (Å²) in [6, 6.07) is 11.1. The second-order valence-electron chi connectivity index (χ2n) is 6.00. The molecule has 0 aliphatic carbocycles. The molecular formula is C19H22N6O4S. The fourth-order valence-electron chi connectivity index (χ4n) is 2.45. The maximum atomic E-state index is 12.3. The van der Waals surface area contributed by atoms with Crippen molar-refractivity contribution in [3.8, 4) is 23.0 Å². The third kappa shape index (κ3) is 6.09. The van der Waals surface area contributed by atoms with Gasteiger partial charge in [-0.3, -0.25) is 4.72 Å². The van der Waals surface area contributed by atoms with Crippen LogP contribution in [-0.4, -0.2) is 48.1 Å². The van der Waals surface area contributed by atoms with Crippen molar-refractivity contribution < 1.29 is 17.9 Å². The zero-order valence-corrected chi connectivity index (χ0v) is 17.2. The molecule has 0 spiro atoms. The van der Waals surface area contributed by atoms with Crippen molar-refractivity contribution >= 4 is 16.0 Å². The maximum Gasteiger partial charge on any atom is 0.316 e. The second kappa shape index (κ2) is 10.5. The van der Waals surface area contributed by atoms with Gasteiger partial charge in [-0.2, -0.15) is 13.1 Å². The van der Waals surface area contributed by atoms with E-state index in [1.54, 1.807) is 18.5 Å². The van der Waals surface area contributed by atoms with Gasteiger partial charge >= 0.3 is 6.01 Å². The first kappa shape index (κ1) is 21.4. The lowest BCUT2D eigenvalue weighted by Crippen LogP contribution is -2.31. The highest BCUT2D eigenvalue weighted by Crippen LogP contribution is 2.34. The average Bonchev–Trinajstić information content (AvgIpc) is 2.76. The molecule has 30 heavy (non-hydrogen) atoms. The van der Waals surface area contributed by atoms with Gasteiger partial charge in [0.1, 0.15) is 19.5 Å². The van der Waals surface area contributed by atoms with Crippen LogP contribution < -0.4 is 18.9 Å². The van der Waals surface area contributed by atoms with Crippen LogP contribution in [0.4, 0.5) is 5.82 Å². The molecule has 10 nitrogen and oxygen atoms in total. The fourth-order valence-corrected chi connectivity index (χ4v) is 3.41. The summed E-state index contributed by atoms with van der Waals surface area (Å²) in [4.78, 5) is 16.2. The largest absolute Gasteiger partial charge is 0.473 e. The third-order valence-electron chi connectivity index (χ3n) is 3.74. The fraction of sp³-hybridized carbons (Fsp3) is 0.263. The summed E-state index contributed by atoms with van der Waals surface area (Å²) in [6.45, 7) is 2.51. The van der Waals surface area contributed by atoms with Gasteiger partial charge in [0.25, 0.3) is 10.2 Å². The Morgan fingerprint density at radius 2 is 1.67 bits per heavy atom. The molecule has 0 fully saturated rings. The summed E-state index contributed by atoms with van der Waals surface area (Å²) in [7, 11) is -3.79. The second-order valence-corrected chi connectivity index (χ2v) is 7.50. The molecule has 0 radical (unpaired) electrons. The first-order chi connectivity index (χ1) is 14.6. The molecular weight excluding hydrogens is 408 g/mol. The van der Waals surface area contributed by atoms with E-state index in [4.69, 9.17) is 9.47 Å². The van der Waals surface area contributed by atoms with Crippen LogP contribution in [0.25, 0.3) is 11.1 Å². The summed E-state index contributed by atoms with van der Waals surface area (Å²) < 4.78 is 40.7. The standard InChI is InChI=1S/C19H22N6O4S/c1-2-9-24-30(26,27)25-17-16(15-7-4-3-5-8-15)18(23-14-22-17)28-12-13-29-19-20-10-6-11-21-19/h3-8,10-11,14,24H,2,9,12-13H2,1H3,(H,22,23,25). The minimum Gasteiger partial charge on any atom is -0.473 e. The Balaban J connectivity index is 1.80. The zero-order chi connectivity index (χ0) is 21.2. The SMILES string of the molecule is CCCNS(=O)(=O)Nc1ncnc(OCCOc2ncccn2)c1-c1ccccc1. The highest BCUT2D eigenvalue weighted by molar-refractivity contribution is 7.90. The molecule has 158 valence electrons. The number of nitrogens with zero attached hydrogens (tertiary/aromatic N) is 4. The van der Waals surface area contributed by atoms with E-state index < -0.39 is 10.2 Å². The summed E-state index contributed by atoms with van der Waals surface area (Å²) in [5.41, 5.74) is 1.13. The van der Waals surface area contributed by atoms with Gasteiger partial charge in [-0.1, -0.05) is 37.3 Å². The zero-order valence-electron chi connectivity index (χ0n) is 16.4. The van der Waals surface area contributed by atoms with Crippen molar-refractivity contribution in [2.24, 2.45) is 0 Å². The van der Waals surface area contributed by atoms with Gasteiger partial charge in [0.05, 0.1) is 5.56 Å². The Kier molecular flexibility index (Phi) is 7.46. The van der Waals surface area contributed by atoms with Crippen LogP contribution in [0.15, 0.2) is 55.1 Å². The van der Waals surface area contributed by atoms with Crippen molar-refractivity contribution in [1.82, 2.24) is 24.7 Å². The molecule has 0 aliphatic rings. The summed E-state index contributed by atoms with van der Waals surface area (Å²) in [5, 5.41) is 0. The molecule has 3 rings (SSSR count). The van der Waals surface area contributed by atoms with Crippen LogP contribution in [0.1, 0.15) is 13.3 Å². The summed E-state index contributed by atoms with van der Waals surface area (Å²) in [5.74, 6) is 0.337. The van der Waals surface area contributed by atoms with Gasteiger partial charge in [0, 0.05) is 18.9 Å². The smallest absolute Gasteiger partial charge is 0.316 e. The van der Waals surface area contributed by atoms with E-state index >= 15 is 0 Å². The quantitative estimate of drug-likeness (QED) is 0.442. The molecule has 0 bridgehead atoms. The van der Waals surface area contributed by atoms with E-state index in [9.17, 15) is 8.42 Å². The molecule has 11 heteroatoms. The number of benzene rings is 1. The van der Waals surface area contributed by atoms with Crippen LogP contribution in [0.2, 0.25) is 0 Å². The molecule has 0 aliphatic heterocycles. The van der Waals surface area contributed by atoms with Crippen LogP contribution in [0.3, 0.4) is 0 Å². The lowest BCUT2D eigenvalue weighted by Gasteiger charge is -2.15. The molecule has 2 aromatic heterocycles. The molecule has 2 heterocycles. The molecule has 0 saturated carbocycles. The van der Waals surface area contributed by atoms with E-state index in [-0.39, 0.29) is 30.9 Å². The number of hydrogen-bond donors (Lipinski definition) is 2. The van der Waals surface area contributed by atoms with E-state index in [2.05, 4.69) is 29.4 Å². The predicted octanol–water partition coefficient (Wildman–Crippen LogP) is 2.05. The lowest BCUT2D eigenvalue weighted by atomic mass is 10.1. The molecule has 2 N–H and O–H groups in total. The van der Waals surface area contributed by atoms with Gasteiger partial charge in [-0.15, -0.1) is 0 Å². The number of anilines is 1. The number of hydrogen-bond acceptors (Lipinski definition) is 8. The molecule has 0 atom stereocenters. The minimum atomic E-state index is -3.79. The Labute approximate surface area is 174 Å². The summed E-state index contributed by atoms with van der Waals surface area (Å²) in [6.07, 6.45) is 5.05. The Morgan fingerprint density at radius 3 is 2.40 bits per heavy atom. The van der Waals surface area contributed by atoms with Gasteiger partial charge < -0.3 is 9.47 Å². The third-order valence-corrected chi connectivity index (χ3v) is 4.79. The van der Waals surface area contributed by atoms with E-state index in [1.165, 1.54) is 6.33 Å². The van der Waals surface area contributed by atoms with Crippen LogP contribution in [0.5, 0.6) is 11.9 Å². The Hall–Kier alpha value is -3.31. The van der Waals surface area contributed by atoms with E-state index in [1.807, 2.05) is 37.3 Å².